The molecule has 312 valence electrons. The van der Waals surface area contributed by atoms with Gasteiger partial charge in [0, 0.05) is 34.1 Å². The van der Waals surface area contributed by atoms with Crippen LogP contribution in [0.4, 0.5) is 34.1 Å². The number of fused-ring (bicyclic) bond motifs is 6. The van der Waals surface area contributed by atoms with E-state index in [-0.39, 0.29) is 0 Å². The van der Waals surface area contributed by atoms with Gasteiger partial charge in [-0.05, 0) is 212 Å². The van der Waals surface area contributed by atoms with Crippen LogP contribution in [0.3, 0.4) is 0 Å². The molecule has 0 radical (unpaired) electrons. The average Bonchev–Trinajstić information content (AvgIpc) is 3.24. The fourth-order valence-corrected chi connectivity index (χ4v) is 9.40. The lowest BCUT2D eigenvalue weighted by Crippen LogP contribution is -2.14. The van der Waals surface area contributed by atoms with Crippen molar-refractivity contribution in [3.8, 4) is 22.3 Å². The van der Waals surface area contributed by atoms with Gasteiger partial charge in [0.25, 0.3) is 0 Å². The highest BCUT2D eigenvalue weighted by Crippen LogP contribution is 2.52. The molecule has 0 atom stereocenters. The summed E-state index contributed by atoms with van der Waals surface area (Å²) < 4.78 is 0. The molecule has 0 fully saturated rings. The van der Waals surface area contributed by atoms with Crippen LogP contribution in [0.1, 0.15) is 124 Å². The number of aryl methyl sites for hydroxylation is 4. The van der Waals surface area contributed by atoms with Gasteiger partial charge in [-0.3, -0.25) is 0 Å². The molecule has 0 unspecified atom stereocenters. The Bertz CT molecular complexity index is 2710. The van der Waals surface area contributed by atoms with E-state index in [9.17, 15) is 0 Å². The van der Waals surface area contributed by atoms with Crippen LogP contribution < -0.4 is 9.80 Å². The summed E-state index contributed by atoms with van der Waals surface area (Å²) in [6.45, 7) is 27.3. The lowest BCUT2D eigenvalue weighted by molar-refractivity contribution is 0.863. The van der Waals surface area contributed by atoms with Gasteiger partial charge in [0.05, 0.1) is 0 Å². The predicted octanol–water partition coefficient (Wildman–Crippen LogP) is 18.3. The molecule has 9 rings (SSSR count). The first-order valence-electron chi connectivity index (χ1n) is 22.9. The molecule has 0 N–H and O–H groups in total. The predicted molar refractivity (Wildman–Crippen MR) is 271 cm³/mol. The molecule has 8 aromatic carbocycles. The summed E-state index contributed by atoms with van der Waals surface area (Å²) in [5, 5.41) is 5.05. The van der Waals surface area contributed by atoms with E-state index in [2.05, 4.69) is 226 Å². The molecule has 62 heavy (non-hydrogen) atoms. The van der Waals surface area contributed by atoms with E-state index in [0.29, 0.717) is 23.7 Å². The Morgan fingerprint density at radius 3 is 0.790 bits per heavy atom. The summed E-state index contributed by atoms with van der Waals surface area (Å²) in [7, 11) is 0. The molecular weight excluding hydrogens is 749 g/mol. The van der Waals surface area contributed by atoms with Crippen molar-refractivity contribution in [2.45, 2.75) is 107 Å². The molecule has 0 bridgehead atoms. The van der Waals surface area contributed by atoms with Gasteiger partial charge in [0.15, 0.2) is 0 Å². The van der Waals surface area contributed by atoms with Gasteiger partial charge in [0.1, 0.15) is 0 Å². The minimum Gasteiger partial charge on any atom is -0.310 e. The maximum Gasteiger partial charge on any atom is 0.0493 e. The molecule has 0 saturated carbocycles. The topological polar surface area (TPSA) is 6.48 Å². The Hall–Kier alpha value is -6.12. The van der Waals surface area contributed by atoms with Crippen LogP contribution in [0, 0.1) is 27.7 Å². The summed E-state index contributed by atoms with van der Waals surface area (Å²) >= 11 is 0. The Kier molecular flexibility index (Phi) is 10.6. The number of benzene rings is 8. The zero-order valence-electron chi connectivity index (χ0n) is 38.9. The summed E-state index contributed by atoms with van der Waals surface area (Å²) in [4.78, 5) is 5.01. The molecule has 1 aliphatic carbocycles. The second kappa shape index (κ2) is 16.0. The van der Waals surface area contributed by atoms with Gasteiger partial charge >= 0.3 is 0 Å². The van der Waals surface area contributed by atoms with Gasteiger partial charge in [-0.25, -0.2) is 0 Å². The second-order valence-electron chi connectivity index (χ2n) is 19.3. The standard InChI is InChI=1S/C60H62N2/c1-35(2)43-17-13-39(9)57(31-43)61(58-32-44(36(3)4)18-14-40(58)10)51-23-21-47-27-53-54-28-48-22-24-52(26-50(48)30-56(54)55(53)29-49(47)25-51)62(59-33-45(37(5)6)19-15-41(59)11)60-34-46(38(7)8)20-16-42(60)12/h13-38H,1-12H3. The Morgan fingerprint density at radius 2 is 0.532 bits per heavy atom. The van der Waals surface area contributed by atoms with E-state index in [1.165, 1.54) is 122 Å². The van der Waals surface area contributed by atoms with Crippen molar-refractivity contribution in [1.29, 1.82) is 0 Å². The van der Waals surface area contributed by atoms with E-state index in [4.69, 9.17) is 0 Å². The number of rotatable bonds is 10. The van der Waals surface area contributed by atoms with Crippen LogP contribution in [0.5, 0.6) is 0 Å². The maximum absolute atomic E-state index is 2.51. The van der Waals surface area contributed by atoms with Crippen LogP contribution in [-0.4, -0.2) is 0 Å². The number of hydrogen-bond acceptors (Lipinski definition) is 2. The van der Waals surface area contributed by atoms with Gasteiger partial charge in [-0.2, -0.15) is 0 Å². The van der Waals surface area contributed by atoms with Crippen molar-refractivity contribution < 1.29 is 0 Å². The molecule has 0 aliphatic heterocycles. The van der Waals surface area contributed by atoms with E-state index >= 15 is 0 Å². The molecule has 1 aliphatic rings. The normalized spacial score (nSPS) is 12.1. The summed E-state index contributed by atoms with van der Waals surface area (Å²) in [6, 6.07) is 51.8. The van der Waals surface area contributed by atoms with Crippen LogP contribution >= 0.6 is 0 Å². The molecule has 8 aromatic rings. The van der Waals surface area contributed by atoms with Crippen molar-refractivity contribution in [3.05, 3.63) is 178 Å². The van der Waals surface area contributed by atoms with Crippen molar-refractivity contribution in [3.63, 3.8) is 0 Å². The third kappa shape index (κ3) is 7.28. The number of hydrogen-bond donors (Lipinski definition) is 0. The van der Waals surface area contributed by atoms with E-state index in [0.717, 1.165) is 0 Å². The van der Waals surface area contributed by atoms with Gasteiger partial charge < -0.3 is 9.80 Å². The van der Waals surface area contributed by atoms with Gasteiger partial charge in [0.2, 0.25) is 0 Å². The van der Waals surface area contributed by atoms with Gasteiger partial charge in [-0.15, -0.1) is 0 Å². The monoisotopic (exact) mass is 810 g/mol. The molecule has 0 spiro atoms. The fraction of sp³-hybridized carbons (Fsp3) is 0.267. The van der Waals surface area contributed by atoms with Crippen LogP contribution in [0.2, 0.25) is 0 Å². The summed E-state index contributed by atoms with van der Waals surface area (Å²) in [5.74, 6) is 1.74. The molecule has 0 amide bonds. The lowest BCUT2D eigenvalue weighted by atomic mass is 9.78. The number of anilines is 6. The van der Waals surface area contributed by atoms with Crippen LogP contribution in [0.25, 0.3) is 43.8 Å². The molecule has 0 aromatic heterocycles. The molecular formula is C60H62N2. The molecule has 2 nitrogen and oxygen atoms in total. The van der Waals surface area contributed by atoms with Gasteiger partial charge in [-0.1, -0.05) is 116 Å². The Morgan fingerprint density at radius 1 is 0.274 bits per heavy atom. The van der Waals surface area contributed by atoms with E-state index in [1.54, 1.807) is 0 Å². The maximum atomic E-state index is 2.51. The highest BCUT2D eigenvalue weighted by Gasteiger charge is 2.26. The zero-order chi connectivity index (χ0) is 43.7. The molecule has 0 saturated heterocycles. The van der Waals surface area contributed by atoms with E-state index in [1.807, 2.05) is 0 Å². The first-order chi connectivity index (χ1) is 29.7. The smallest absolute Gasteiger partial charge is 0.0493 e. The Labute approximate surface area is 370 Å². The van der Waals surface area contributed by atoms with Crippen LogP contribution in [-0.2, 0) is 0 Å². The lowest BCUT2D eigenvalue weighted by Gasteiger charge is -2.31. The quantitative estimate of drug-likeness (QED) is 0.136. The third-order valence-corrected chi connectivity index (χ3v) is 13.6. The van der Waals surface area contributed by atoms with Crippen molar-refractivity contribution in [2.24, 2.45) is 0 Å². The van der Waals surface area contributed by atoms with E-state index < -0.39 is 0 Å². The zero-order valence-corrected chi connectivity index (χ0v) is 38.9. The fourth-order valence-electron chi connectivity index (χ4n) is 9.40. The van der Waals surface area contributed by atoms with Crippen molar-refractivity contribution in [1.82, 2.24) is 0 Å². The summed E-state index contributed by atoms with van der Waals surface area (Å²) in [6.07, 6.45) is 0. The minimum absolute atomic E-state index is 0.436. The van der Waals surface area contributed by atoms with Crippen molar-refractivity contribution in [2.75, 3.05) is 9.80 Å². The largest absolute Gasteiger partial charge is 0.310 e. The highest BCUT2D eigenvalue weighted by molar-refractivity contribution is 6.12. The molecule has 2 heteroatoms. The molecule has 0 heterocycles. The average molecular weight is 811 g/mol. The Balaban J connectivity index is 1.17. The third-order valence-electron chi connectivity index (χ3n) is 13.6. The first kappa shape index (κ1) is 41.2. The number of nitrogens with zero attached hydrogens (tertiary/aromatic N) is 2. The highest BCUT2D eigenvalue weighted by atomic mass is 15.2. The SMILES string of the molecule is Cc1ccc(C(C)C)cc1N(c1ccc2cc3c(cc2c1)-c1cc2cc(N(c4cc(C(C)C)ccc4C)c4cc(C(C)C)ccc4C)ccc2cc1-3)c1cc(C(C)C)ccc1C. The second-order valence-corrected chi connectivity index (χ2v) is 19.3. The summed E-state index contributed by atoms with van der Waals surface area (Å²) in [5.41, 5.74) is 23.1. The minimum atomic E-state index is 0.436. The first-order valence-corrected chi connectivity index (χ1v) is 22.9. The van der Waals surface area contributed by atoms with Crippen molar-refractivity contribution >= 4 is 55.7 Å². The van der Waals surface area contributed by atoms with Crippen LogP contribution in [0.15, 0.2) is 133 Å².